The number of carbonyl (C=O) groups excluding carboxylic acids is 2. The zero-order chi connectivity index (χ0) is 18.2. The molecule has 0 aliphatic carbocycles. The fraction of sp³-hybridized carbons (Fsp3) is 0.474. The minimum absolute atomic E-state index is 0.0693. The second-order valence-corrected chi connectivity index (χ2v) is 6.38. The first-order chi connectivity index (χ1) is 12.0. The Morgan fingerprint density at radius 2 is 1.80 bits per heavy atom. The third-order valence-electron chi connectivity index (χ3n) is 4.29. The molecule has 1 aromatic rings. The third-order valence-corrected chi connectivity index (χ3v) is 4.29. The largest absolute Gasteiger partial charge is 0.376 e. The van der Waals surface area contributed by atoms with E-state index in [1.165, 1.54) is 0 Å². The maximum atomic E-state index is 12.3. The number of hydrogen-bond acceptors (Lipinski definition) is 4. The zero-order valence-corrected chi connectivity index (χ0v) is 15.0. The lowest BCUT2D eigenvalue weighted by Crippen LogP contribution is -2.50. The third kappa shape index (κ3) is 5.80. The molecule has 0 unspecified atom stereocenters. The number of likely N-dealkylation sites (N-methyl/N-ethyl adjacent to an activating group) is 1. The normalized spacial score (nSPS) is 14.7. The standard InChI is InChI=1S/C19H26N4O2/c1-4-9-22-10-12-23(13-11-22)19(25)15-20-17-7-5-16(6-8-17)14-18(24)21(2)3/h1,5-8,20H,9-15H2,2-3H3. The van der Waals surface area contributed by atoms with Gasteiger partial charge in [0, 0.05) is 46.0 Å². The van der Waals surface area contributed by atoms with Crippen LogP contribution in [0.25, 0.3) is 0 Å². The lowest BCUT2D eigenvalue weighted by molar-refractivity contribution is -0.131. The van der Waals surface area contributed by atoms with E-state index in [1.807, 2.05) is 29.2 Å². The number of rotatable bonds is 6. The summed E-state index contributed by atoms with van der Waals surface area (Å²) in [6.45, 7) is 3.99. The highest BCUT2D eigenvalue weighted by molar-refractivity contribution is 5.81. The number of terminal acetylenes is 1. The van der Waals surface area contributed by atoms with Gasteiger partial charge in [-0.2, -0.15) is 0 Å². The van der Waals surface area contributed by atoms with Crippen molar-refractivity contribution in [2.24, 2.45) is 0 Å². The number of amides is 2. The van der Waals surface area contributed by atoms with Crippen molar-refractivity contribution in [3.05, 3.63) is 29.8 Å². The Balaban J connectivity index is 1.76. The van der Waals surface area contributed by atoms with E-state index in [1.54, 1.807) is 19.0 Å². The average molecular weight is 342 g/mol. The van der Waals surface area contributed by atoms with Gasteiger partial charge in [0.25, 0.3) is 0 Å². The van der Waals surface area contributed by atoms with Crippen LogP contribution in [0, 0.1) is 12.3 Å². The maximum Gasteiger partial charge on any atom is 0.241 e. The van der Waals surface area contributed by atoms with E-state index >= 15 is 0 Å². The smallest absolute Gasteiger partial charge is 0.241 e. The highest BCUT2D eigenvalue weighted by atomic mass is 16.2. The van der Waals surface area contributed by atoms with E-state index < -0.39 is 0 Å². The maximum absolute atomic E-state index is 12.3. The molecule has 1 aromatic carbocycles. The highest BCUT2D eigenvalue weighted by Crippen LogP contribution is 2.11. The molecule has 6 heteroatoms. The average Bonchev–Trinajstić information content (AvgIpc) is 2.61. The summed E-state index contributed by atoms with van der Waals surface area (Å²) in [5.74, 6) is 2.80. The number of hydrogen-bond donors (Lipinski definition) is 1. The zero-order valence-electron chi connectivity index (χ0n) is 15.0. The molecule has 25 heavy (non-hydrogen) atoms. The Morgan fingerprint density at radius 1 is 1.16 bits per heavy atom. The molecule has 1 aliphatic rings. The summed E-state index contributed by atoms with van der Waals surface area (Å²) >= 11 is 0. The molecule has 134 valence electrons. The number of nitrogens with one attached hydrogen (secondary N) is 1. The number of nitrogens with zero attached hydrogens (tertiary/aromatic N) is 3. The molecule has 0 atom stereocenters. The SMILES string of the molecule is C#CCN1CCN(C(=O)CNc2ccc(CC(=O)N(C)C)cc2)CC1. The summed E-state index contributed by atoms with van der Waals surface area (Å²) in [4.78, 5) is 29.6. The molecular formula is C19H26N4O2. The van der Waals surface area contributed by atoms with Gasteiger partial charge >= 0.3 is 0 Å². The number of benzene rings is 1. The first-order valence-electron chi connectivity index (χ1n) is 8.46. The molecule has 1 saturated heterocycles. The van der Waals surface area contributed by atoms with Crippen LogP contribution < -0.4 is 5.32 Å². The fourth-order valence-corrected chi connectivity index (χ4v) is 2.65. The van der Waals surface area contributed by atoms with Gasteiger partial charge in [-0.25, -0.2) is 0 Å². The van der Waals surface area contributed by atoms with Crippen molar-refractivity contribution in [1.29, 1.82) is 0 Å². The van der Waals surface area contributed by atoms with Crippen LogP contribution in [-0.4, -0.2) is 79.9 Å². The van der Waals surface area contributed by atoms with Gasteiger partial charge < -0.3 is 15.1 Å². The molecular weight excluding hydrogens is 316 g/mol. The minimum Gasteiger partial charge on any atom is -0.376 e. The topological polar surface area (TPSA) is 55.9 Å². The van der Waals surface area contributed by atoms with Gasteiger partial charge in [0.15, 0.2) is 0 Å². The van der Waals surface area contributed by atoms with Gasteiger partial charge in [-0.05, 0) is 17.7 Å². The summed E-state index contributed by atoms with van der Waals surface area (Å²) in [6.07, 6.45) is 5.70. The van der Waals surface area contributed by atoms with Crippen molar-refractivity contribution in [3.8, 4) is 12.3 Å². The van der Waals surface area contributed by atoms with E-state index in [0.717, 1.165) is 24.3 Å². The Labute approximate surface area is 149 Å². The number of anilines is 1. The molecule has 0 bridgehead atoms. The molecule has 2 amide bonds. The first kappa shape index (κ1) is 18.8. The van der Waals surface area contributed by atoms with Gasteiger partial charge in [0.2, 0.25) is 11.8 Å². The number of piperazine rings is 1. The summed E-state index contributed by atoms with van der Waals surface area (Å²) in [5, 5.41) is 3.15. The Bertz CT molecular complexity index is 626. The van der Waals surface area contributed by atoms with Crippen LogP contribution >= 0.6 is 0 Å². The van der Waals surface area contributed by atoms with Crippen molar-refractivity contribution in [3.63, 3.8) is 0 Å². The predicted octanol–water partition coefficient (Wildman–Crippen LogP) is 0.507. The van der Waals surface area contributed by atoms with Crippen molar-refractivity contribution < 1.29 is 9.59 Å². The summed E-state index contributed by atoms with van der Waals surface area (Å²) < 4.78 is 0. The molecule has 0 spiro atoms. The molecule has 1 aliphatic heterocycles. The molecule has 1 N–H and O–H groups in total. The Morgan fingerprint density at radius 3 is 2.36 bits per heavy atom. The summed E-state index contributed by atoms with van der Waals surface area (Å²) in [6, 6.07) is 7.62. The second kappa shape index (κ2) is 9.09. The van der Waals surface area contributed by atoms with Crippen LogP contribution in [-0.2, 0) is 16.0 Å². The van der Waals surface area contributed by atoms with E-state index in [-0.39, 0.29) is 18.4 Å². The van der Waals surface area contributed by atoms with Crippen molar-refractivity contribution >= 4 is 17.5 Å². The van der Waals surface area contributed by atoms with Crippen LogP contribution in [0.4, 0.5) is 5.69 Å². The molecule has 6 nitrogen and oxygen atoms in total. The lowest BCUT2D eigenvalue weighted by Gasteiger charge is -2.33. The summed E-state index contributed by atoms with van der Waals surface area (Å²) in [5.41, 5.74) is 1.83. The van der Waals surface area contributed by atoms with Gasteiger partial charge in [0.05, 0.1) is 19.5 Å². The van der Waals surface area contributed by atoms with E-state index in [0.29, 0.717) is 26.1 Å². The van der Waals surface area contributed by atoms with Crippen LogP contribution in [0.3, 0.4) is 0 Å². The second-order valence-electron chi connectivity index (χ2n) is 6.38. The summed E-state index contributed by atoms with van der Waals surface area (Å²) in [7, 11) is 3.49. The predicted molar refractivity (Wildman–Crippen MR) is 99.2 cm³/mol. The lowest BCUT2D eigenvalue weighted by atomic mass is 10.1. The monoisotopic (exact) mass is 342 g/mol. The quantitative estimate of drug-likeness (QED) is 0.766. The first-order valence-corrected chi connectivity index (χ1v) is 8.46. The molecule has 0 aromatic heterocycles. The molecule has 1 fully saturated rings. The highest BCUT2D eigenvalue weighted by Gasteiger charge is 2.20. The van der Waals surface area contributed by atoms with Crippen molar-refractivity contribution in [2.75, 3.05) is 58.7 Å². The molecule has 2 rings (SSSR count). The van der Waals surface area contributed by atoms with Gasteiger partial charge in [-0.3, -0.25) is 14.5 Å². The molecule has 0 radical (unpaired) electrons. The minimum atomic E-state index is 0.0693. The van der Waals surface area contributed by atoms with Gasteiger partial charge in [-0.15, -0.1) is 6.42 Å². The van der Waals surface area contributed by atoms with E-state index in [2.05, 4.69) is 16.1 Å². The van der Waals surface area contributed by atoms with E-state index in [4.69, 9.17) is 6.42 Å². The van der Waals surface area contributed by atoms with E-state index in [9.17, 15) is 9.59 Å². The van der Waals surface area contributed by atoms with Crippen molar-refractivity contribution in [2.45, 2.75) is 6.42 Å². The van der Waals surface area contributed by atoms with Crippen LogP contribution in [0.15, 0.2) is 24.3 Å². The van der Waals surface area contributed by atoms with Crippen LogP contribution in [0.1, 0.15) is 5.56 Å². The van der Waals surface area contributed by atoms with Crippen molar-refractivity contribution in [1.82, 2.24) is 14.7 Å². The Hall–Kier alpha value is -2.52. The van der Waals surface area contributed by atoms with Gasteiger partial charge in [-0.1, -0.05) is 18.1 Å². The fourth-order valence-electron chi connectivity index (χ4n) is 2.65. The van der Waals surface area contributed by atoms with Crippen LogP contribution in [0.5, 0.6) is 0 Å². The Kier molecular flexibility index (Phi) is 6.84. The number of carbonyl (C=O) groups is 2. The van der Waals surface area contributed by atoms with Crippen LogP contribution in [0.2, 0.25) is 0 Å². The van der Waals surface area contributed by atoms with Gasteiger partial charge in [0.1, 0.15) is 0 Å². The molecule has 1 heterocycles. The molecule has 0 saturated carbocycles.